The highest BCUT2D eigenvalue weighted by Crippen LogP contribution is 1.98. The largest absolute Gasteiger partial charge is 0.103 e. The van der Waals surface area contributed by atoms with Crippen molar-refractivity contribution in [1.29, 1.82) is 0 Å². The molecule has 0 saturated heterocycles. The summed E-state index contributed by atoms with van der Waals surface area (Å²) in [4.78, 5) is 0. The zero-order valence-corrected chi connectivity index (χ0v) is 5.78. The van der Waals surface area contributed by atoms with Crippen LogP contribution in [0.4, 0.5) is 0 Å². The van der Waals surface area contributed by atoms with Crippen LogP contribution in [0.3, 0.4) is 0 Å². The summed E-state index contributed by atoms with van der Waals surface area (Å²) in [5.41, 5.74) is 1.45. The van der Waals surface area contributed by atoms with E-state index in [9.17, 15) is 0 Å². The smallest absolute Gasteiger partial charge is 0.0169 e. The average molecular weight is 110 g/mol. The van der Waals surface area contributed by atoms with Crippen molar-refractivity contribution in [1.82, 2.24) is 0 Å². The van der Waals surface area contributed by atoms with Crippen molar-refractivity contribution in [3.8, 4) is 0 Å². The first kappa shape index (κ1) is 7.48. The third-order valence-corrected chi connectivity index (χ3v) is 1.19. The monoisotopic (exact) mass is 110 g/mol. The van der Waals surface area contributed by atoms with Gasteiger partial charge in [0.15, 0.2) is 0 Å². The van der Waals surface area contributed by atoms with Gasteiger partial charge in [-0.3, -0.25) is 0 Å². The summed E-state index contributed by atoms with van der Waals surface area (Å²) in [5.74, 6) is 0. The van der Waals surface area contributed by atoms with E-state index in [1.54, 1.807) is 0 Å². The molecule has 0 nitrogen and oxygen atoms in total. The van der Waals surface area contributed by atoms with Gasteiger partial charge in [-0.1, -0.05) is 24.6 Å². The van der Waals surface area contributed by atoms with Crippen LogP contribution in [0, 0.1) is 0 Å². The van der Waals surface area contributed by atoms with Gasteiger partial charge in [0, 0.05) is 0 Å². The van der Waals surface area contributed by atoms with Gasteiger partial charge in [-0.2, -0.15) is 0 Å². The van der Waals surface area contributed by atoms with Gasteiger partial charge >= 0.3 is 0 Å². The minimum absolute atomic E-state index is 1.01. The van der Waals surface area contributed by atoms with Crippen molar-refractivity contribution in [3.05, 3.63) is 24.3 Å². The van der Waals surface area contributed by atoms with E-state index in [1.165, 1.54) is 5.57 Å². The Kier molecular flexibility index (Phi) is 4.33. The Morgan fingerprint density at radius 2 is 2.25 bits per heavy atom. The zero-order valence-electron chi connectivity index (χ0n) is 5.78. The molecule has 46 valence electrons. The van der Waals surface area contributed by atoms with Crippen LogP contribution in [0.1, 0.15) is 26.7 Å². The van der Waals surface area contributed by atoms with Gasteiger partial charge in [-0.15, -0.1) is 6.58 Å². The summed E-state index contributed by atoms with van der Waals surface area (Å²) in [6, 6.07) is 0. The molecule has 0 radical (unpaired) electrons. The third-order valence-electron chi connectivity index (χ3n) is 1.19. The molecule has 0 atom stereocenters. The predicted molar refractivity (Wildman–Crippen MR) is 38.9 cm³/mol. The fourth-order valence-electron chi connectivity index (χ4n) is 0.429. The molecule has 0 aromatic heterocycles. The third kappa shape index (κ3) is 3.66. The number of hydrogen-bond donors (Lipinski definition) is 0. The zero-order chi connectivity index (χ0) is 6.41. The van der Waals surface area contributed by atoms with E-state index >= 15 is 0 Å². The van der Waals surface area contributed by atoms with Crippen LogP contribution in [0.15, 0.2) is 24.3 Å². The van der Waals surface area contributed by atoms with Crippen LogP contribution in [0.5, 0.6) is 0 Å². The van der Waals surface area contributed by atoms with E-state index < -0.39 is 0 Å². The highest BCUT2D eigenvalue weighted by molar-refractivity contribution is 4.99. The van der Waals surface area contributed by atoms with Gasteiger partial charge in [0.1, 0.15) is 0 Å². The second-order valence-electron chi connectivity index (χ2n) is 1.93. The maximum Gasteiger partial charge on any atom is -0.0169 e. The van der Waals surface area contributed by atoms with Crippen LogP contribution in [-0.2, 0) is 0 Å². The number of allylic oxidation sites excluding steroid dienone is 3. The maximum absolute atomic E-state index is 3.62. The molecule has 0 aromatic rings. The fourth-order valence-corrected chi connectivity index (χ4v) is 0.429. The van der Waals surface area contributed by atoms with E-state index in [4.69, 9.17) is 0 Å². The minimum atomic E-state index is 1.01. The second-order valence-corrected chi connectivity index (χ2v) is 1.93. The minimum Gasteiger partial charge on any atom is -0.103 e. The summed E-state index contributed by atoms with van der Waals surface area (Å²) in [7, 11) is 0. The molecule has 0 saturated carbocycles. The molecular weight excluding hydrogens is 96.1 g/mol. The van der Waals surface area contributed by atoms with Gasteiger partial charge in [0.2, 0.25) is 0 Å². The lowest BCUT2D eigenvalue weighted by Crippen LogP contribution is -1.68. The van der Waals surface area contributed by atoms with Crippen molar-refractivity contribution in [2.75, 3.05) is 0 Å². The molecule has 0 aliphatic rings. The van der Waals surface area contributed by atoms with Crippen LogP contribution >= 0.6 is 0 Å². The molecule has 0 amide bonds. The van der Waals surface area contributed by atoms with E-state index in [-0.39, 0.29) is 0 Å². The molecule has 0 heterocycles. The Bertz CT molecular complexity index is 88.2. The van der Waals surface area contributed by atoms with Gasteiger partial charge in [0.25, 0.3) is 0 Å². The van der Waals surface area contributed by atoms with Crippen molar-refractivity contribution in [2.45, 2.75) is 26.7 Å². The number of rotatable bonds is 3. The lowest BCUT2D eigenvalue weighted by molar-refractivity contribution is 1.08. The first-order valence-electron chi connectivity index (χ1n) is 3.07. The van der Waals surface area contributed by atoms with Gasteiger partial charge in [0.05, 0.1) is 0 Å². The lowest BCUT2D eigenvalue weighted by atomic mass is 10.2. The Morgan fingerprint density at radius 1 is 1.62 bits per heavy atom. The normalized spacial score (nSPS) is 11.5. The van der Waals surface area contributed by atoms with Gasteiger partial charge in [-0.05, 0) is 19.8 Å². The standard InChI is InChI=1S/C8H14/c1-4-6-7-8(3)5-2/h4,7H,1,5-6H2,2-3H3. The van der Waals surface area contributed by atoms with Crippen molar-refractivity contribution < 1.29 is 0 Å². The SMILES string of the molecule is C=CCC=C(C)CC. The first-order valence-corrected chi connectivity index (χ1v) is 3.07. The van der Waals surface area contributed by atoms with Crippen molar-refractivity contribution in [3.63, 3.8) is 0 Å². The molecule has 0 aliphatic carbocycles. The second kappa shape index (κ2) is 4.63. The summed E-state index contributed by atoms with van der Waals surface area (Å²) in [6.07, 6.45) is 6.29. The summed E-state index contributed by atoms with van der Waals surface area (Å²) in [6.45, 7) is 7.93. The number of hydrogen-bond acceptors (Lipinski definition) is 0. The summed E-state index contributed by atoms with van der Waals surface area (Å²) >= 11 is 0. The molecule has 0 N–H and O–H groups in total. The quantitative estimate of drug-likeness (QED) is 0.490. The van der Waals surface area contributed by atoms with Gasteiger partial charge in [-0.25, -0.2) is 0 Å². The molecule has 0 aliphatic heterocycles. The predicted octanol–water partition coefficient (Wildman–Crippen LogP) is 2.92. The topological polar surface area (TPSA) is 0 Å². The Morgan fingerprint density at radius 3 is 2.62 bits per heavy atom. The first-order chi connectivity index (χ1) is 3.81. The van der Waals surface area contributed by atoms with Crippen molar-refractivity contribution in [2.24, 2.45) is 0 Å². The molecule has 0 aromatic carbocycles. The molecule has 8 heavy (non-hydrogen) atoms. The molecule has 0 rings (SSSR count). The fraction of sp³-hybridized carbons (Fsp3) is 0.500. The molecule has 0 bridgehead atoms. The Labute approximate surface area is 51.9 Å². The molecular formula is C8H14. The lowest BCUT2D eigenvalue weighted by Gasteiger charge is -1.89. The highest BCUT2D eigenvalue weighted by atomic mass is 13.8. The van der Waals surface area contributed by atoms with E-state index in [2.05, 4.69) is 26.5 Å². The van der Waals surface area contributed by atoms with E-state index in [0.717, 1.165) is 12.8 Å². The highest BCUT2D eigenvalue weighted by Gasteiger charge is 1.78. The van der Waals surface area contributed by atoms with Crippen LogP contribution in [-0.4, -0.2) is 0 Å². The Balaban J connectivity index is 3.40. The molecule has 0 spiro atoms. The average Bonchev–Trinajstić information content (AvgIpc) is 1.83. The maximum atomic E-state index is 3.62. The van der Waals surface area contributed by atoms with Crippen LogP contribution < -0.4 is 0 Å². The van der Waals surface area contributed by atoms with Crippen LogP contribution in [0.25, 0.3) is 0 Å². The summed E-state index contributed by atoms with van der Waals surface area (Å²) in [5, 5.41) is 0. The van der Waals surface area contributed by atoms with E-state index in [0.29, 0.717) is 0 Å². The van der Waals surface area contributed by atoms with E-state index in [1.807, 2.05) is 6.08 Å². The summed E-state index contributed by atoms with van der Waals surface area (Å²) < 4.78 is 0. The van der Waals surface area contributed by atoms with Crippen molar-refractivity contribution >= 4 is 0 Å². The van der Waals surface area contributed by atoms with Gasteiger partial charge < -0.3 is 0 Å². The molecule has 0 unspecified atom stereocenters. The Hall–Kier alpha value is -0.520. The molecule has 0 fully saturated rings. The molecule has 0 heteroatoms. The van der Waals surface area contributed by atoms with Crippen LogP contribution in [0.2, 0.25) is 0 Å².